The molecule has 128 valence electrons. The minimum absolute atomic E-state index is 0.0602. The largest absolute Gasteiger partial charge is 0.496 e. The summed E-state index contributed by atoms with van der Waals surface area (Å²) >= 11 is 0. The molecule has 2 aromatic carbocycles. The van der Waals surface area contributed by atoms with Crippen LogP contribution in [-0.2, 0) is 6.42 Å². The average Bonchev–Trinajstić information content (AvgIpc) is 2.61. The second-order valence-corrected chi connectivity index (χ2v) is 5.74. The van der Waals surface area contributed by atoms with Crippen LogP contribution >= 0.6 is 0 Å². The van der Waals surface area contributed by atoms with Gasteiger partial charge in [0.2, 0.25) is 0 Å². The van der Waals surface area contributed by atoms with Gasteiger partial charge in [-0.1, -0.05) is 23.8 Å². The lowest BCUT2D eigenvalue weighted by molar-refractivity contribution is 0.0989. The number of hydrogen-bond acceptors (Lipinski definition) is 5. The summed E-state index contributed by atoms with van der Waals surface area (Å²) in [6.45, 7) is 1.90. The molecule has 0 saturated carbocycles. The Kier molecular flexibility index (Phi) is 4.57. The lowest BCUT2D eigenvalue weighted by Gasteiger charge is -2.09. The minimum Gasteiger partial charge on any atom is -0.496 e. The molecule has 3 aromatic rings. The number of carbonyl (C=O) groups is 1. The van der Waals surface area contributed by atoms with Crippen LogP contribution in [0, 0.1) is 6.92 Å². The van der Waals surface area contributed by atoms with Gasteiger partial charge in [0.1, 0.15) is 5.75 Å². The molecule has 0 saturated heterocycles. The van der Waals surface area contributed by atoms with Crippen molar-refractivity contribution in [3.05, 3.63) is 69.6 Å². The van der Waals surface area contributed by atoms with Gasteiger partial charge < -0.3 is 13.9 Å². The Morgan fingerprint density at radius 2 is 1.80 bits per heavy atom. The van der Waals surface area contributed by atoms with Gasteiger partial charge in [-0.15, -0.1) is 0 Å². The van der Waals surface area contributed by atoms with Crippen LogP contribution in [0.1, 0.15) is 21.5 Å². The molecular formula is C20H18O5. The third-order valence-corrected chi connectivity index (χ3v) is 4.02. The van der Waals surface area contributed by atoms with Crippen molar-refractivity contribution in [3.63, 3.8) is 0 Å². The lowest BCUT2D eigenvalue weighted by Crippen LogP contribution is -2.14. The van der Waals surface area contributed by atoms with Gasteiger partial charge in [-0.3, -0.25) is 4.79 Å². The van der Waals surface area contributed by atoms with Crippen molar-refractivity contribution >= 4 is 16.8 Å². The third kappa shape index (κ3) is 3.26. The molecule has 0 spiro atoms. The molecular weight excluding hydrogens is 320 g/mol. The number of fused-ring (bicyclic) bond motifs is 1. The molecule has 1 heterocycles. The molecule has 0 atom stereocenters. The maximum absolute atomic E-state index is 12.7. The number of ether oxygens (including phenoxy) is 2. The predicted octanol–water partition coefficient (Wildman–Crippen LogP) is 3.54. The highest BCUT2D eigenvalue weighted by Gasteiger charge is 2.17. The third-order valence-electron chi connectivity index (χ3n) is 4.02. The van der Waals surface area contributed by atoms with Crippen LogP contribution < -0.4 is 15.1 Å². The molecule has 0 radical (unpaired) electrons. The maximum Gasteiger partial charge on any atom is 0.340 e. The Bertz CT molecular complexity index is 1000. The first-order valence-electron chi connectivity index (χ1n) is 7.81. The van der Waals surface area contributed by atoms with E-state index in [2.05, 4.69) is 0 Å². The zero-order valence-electron chi connectivity index (χ0n) is 14.3. The van der Waals surface area contributed by atoms with E-state index in [4.69, 9.17) is 13.9 Å². The summed E-state index contributed by atoms with van der Waals surface area (Å²) in [5, 5.41) is 0.706. The van der Waals surface area contributed by atoms with Crippen molar-refractivity contribution in [2.75, 3.05) is 14.2 Å². The Morgan fingerprint density at radius 1 is 1.04 bits per heavy atom. The molecule has 0 aliphatic carbocycles. The van der Waals surface area contributed by atoms with Gasteiger partial charge in [-0.2, -0.15) is 0 Å². The fourth-order valence-corrected chi connectivity index (χ4v) is 2.75. The molecule has 0 amide bonds. The zero-order chi connectivity index (χ0) is 18.0. The molecule has 0 unspecified atom stereocenters. The SMILES string of the molecule is COc1ccc(C)cc1C(=O)Cc1cc2cccc(OC)c2oc1=O. The van der Waals surface area contributed by atoms with Crippen LogP contribution in [0.2, 0.25) is 0 Å². The molecule has 0 bridgehead atoms. The van der Waals surface area contributed by atoms with Crippen molar-refractivity contribution in [1.82, 2.24) is 0 Å². The molecule has 3 rings (SSSR count). The van der Waals surface area contributed by atoms with Crippen LogP contribution in [-0.4, -0.2) is 20.0 Å². The highest BCUT2D eigenvalue weighted by molar-refractivity contribution is 6.00. The van der Waals surface area contributed by atoms with Gasteiger partial charge in [0.25, 0.3) is 0 Å². The highest BCUT2D eigenvalue weighted by Crippen LogP contribution is 2.25. The first-order chi connectivity index (χ1) is 12.0. The quantitative estimate of drug-likeness (QED) is 0.526. The van der Waals surface area contributed by atoms with E-state index in [0.29, 0.717) is 33.6 Å². The van der Waals surface area contributed by atoms with E-state index >= 15 is 0 Å². The van der Waals surface area contributed by atoms with E-state index in [0.717, 1.165) is 5.56 Å². The van der Waals surface area contributed by atoms with E-state index in [-0.39, 0.29) is 12.2 Å². The number of Topliss-reactive ketones (excluding diaryl/α,β-unsaturated/α-hetero) is 1. The van der Waals surface area contributed by atoms with E-state index in [1.807, 2.05) is 19.1 Å². The first-order valence-corrected chi connectivity index (χ1v) is 7.81. The number of rotatable bonds is 5. The molecule has 5 heteroatoms. The fraction of sp³-hybridized carbons (Fsp3) is 0.200. The number of aryl methyl sites for hydroxylation is 1. The highest BCUT2D eigenvalue weighted by atomic mass is 16.5. The summed E-state index contributed by atoms with van der Waals surface area (Å²) in [4.78, 5) is 25.0. The summed E-state index contributed by atoms with van der Waals surface area (Å²) < 4.78 is 15.8. The summed E-state index contributed by atoms with van der Waals surface area (Å²) in [5.74, 6) is 0.769. The first kappa shape index (κ1) is 16.8. The molecule has 25 heavy (non-hydrogen) atoms. The molecule has 1 aromatic heterocycles. The maximum atomic E-state index is 12.7. The standard InChI is InChI=1S/C20H18O5/c1-12-7-8-17(23-2)15(9-12)16(21)11-14-10-13-5-4-6-18(24-3)19(13)25-20(14)22/h4-10H,11H2,1-3H3. The molecule has 0 aliphatic heterocycles. The Hall–Kier alpha value is -3.08. The zero-order valence-corrected chi connectivity index (χ0v) is 14.3. The topological polar surface area (TPSA) is 65.7 Å². The van der Waals surface area contributed by atoms with Crippen molar-refractivity contribution in [3.8, 4) is 11.5 Å². The Balaban J connectivity index is 2.01. The van der Waals surface area contributed by atoms with Crippen LogP contribution in [0.4, 0.5) is 0 Å². The second kappa shape index (κ2) is 6.81. The van der Waals surface area contributed by atoms with Gasteiger partial charge >= 0.3 is 5.63 Å². The van der Waals surface area contributed by atoms with Crippen molar-refractivity contribution in [2.45, 2.75) is 13.3 Å². The minimum atomic E-state index is -0.544. The average molecular weight is 338 g/mol. The van der Waals surface area contributed by atoms with Crippen LogP contribution in [0.25, 0.3) is 11.0 Å². The van der Waals surface area contributed by atoms with E-state index in [9.17, 15) is 9.59 Å². The van der Waals surface area contributed by atoms with Crippen LogP contribution in [0.5, 0.6) is 11.5 Å². The Morgan fingerprint density at radius 3 is 2.52 bits per heavy atom. The van der Waals surface area contributed by atoms with Gasteiger partial charge in [-0.05, 0) is 31.2 Å². The molecule has 0 fully saturated rings. The van der Waals surface area contributed by atoms with E-state index < -0.39 is 5.63 Å². The Labute approximate surface area is 144 Å². The smallest absolute Gasteiger partial charge is 0.340 e. The molecule has 0 N–H and O–H groups in total. The number of hydrogen-bond donors (Lipinski definition) is 0. The lowest BCUT2D eigenvalue weighted by atomic mass is 10.0. The van der Waals surface area contributed by atoms with E-state index in [1.165, 1.54) is 14.2 Å². The van der Waals surface area contributed by atoms with Gasteiger partial charge in [-0.25, -0.2) is 4.79 Å². The van der Waals surface area contributed by atoms with Gasteiger partial charge in [0.05, 0.1) is 19.8 Å². The number of ketones is 1. The summed E-state index contributed by atoms with van der Waals surface area (Å²) in [6, 6.07) is 12.4. The predicted molar refractivity (Wildman–Crippen MR) is 94.8 cm³/mol. The number of carbonyl (C=O) groups excluding carboxylic acids is 1. The molecule has 5 nitrogen and oxygen atoms in total. The fourth-order valence-electron chi connectivity index (χ4n) is 2.75. The number of para-hydroxylation sites is 1. The van der Waals surface area contributed by atoms with Crippen molar-refractivity contribution < 1.29 is 18.7 Å². The number of benzene rings is 2. The second-order valence-electron chi connectivity index (χ2n) is 5.74. The number of methoxy groups -OCH3 is 2. The van der Waals surface area contributed by atoms with Crippen LogP contribution in [0.3, 0.4) is 0 Å². The monoisotopic (exact) mass is 338 g/mol. The van der Waals surface area contributed by atoms with E-state index in [1.54, 1.807) is 30.3 Å². The van der Waals surface area contributed by atoms with Gasteiger partial charge in [0, 0.05) is 17.4 Å². The summed E-state index contributed by atoms with van der Waals surface area (Å²) in [5.41, 5.74) is 1.53. The summed E-state index contributed by atoms with van der Waals surface area (Å²) in [7, 11) is 3.02. The van der Waals surface area contributed by atoms with Crippen molar-refractivity contribution in [2.24, 2.45) is 0 Å². The van der Waals surface area contributed by atoms with Crippen LogP contribution in [0.15, 0.2) is 51.7 Å². The normalized spacial score (nSPS) is 10.7. The molecule has 0 aliphatic rings. The van der Waals surface area contributed by atoms with Gasteiger partial charge in [0.15, 0.2) is 17.1 Å². The summed E-state index contributed by atoms with van der Waals surface area (Å²) in [6.07, 6.45) is -0.0602. The van der Waals surface area contributed by atoms with Crippen molar-refractivity contribution in [1.29, 1.82) is 0 Å².